The Morgan fingerprint density at radius 1 is 1.30 bits per heavy atom. The van der Waals surface area contributed by atoms with Crippen LogP contribution < -0.4 is 10.1 Å². The summed E-state index contributed by atoms with van der Waals surface area (Å²) in [6.45, 7) is 1.73. The Bertz CT molecular complexity index is 1090. The molecule has 158 valence electrons. The van der Waals surface area contributed by atoms with Crippen LogP contribution in [0.4, 0.5) is 15.9 Å². The molecule has 0 aliphatic heterocycles. The predicted octanol–water partition coefficient (Wildman–Crippen LogP) is 4.92. The first-order chi connectivity index (χ1) is 14.5. The fraction of sp³-hybridized carbons (Fsp3) is 0.381. The first kappa shape index (κ1) is 20.5. The minimum absolute atomic E-state index is 0.0713. The normalized spacial score (nSPS) is 19.0. The number of aryl methyl sites for hydroxylation is 1. The smallest absolute Gasteiger partial charge is 0.346 e. The fourth-order valence-corrected chi connectivity index (χ4v) is 4.79. The highest BCUT2D eigenvalue weighted by Gasteiger charge is 2.25. The minimum Gasteiger partial charge on any atom is -0.488 e. The van der Waals surface area contributed by atoms with Gasteiger partial charge in [0.05, 0.1) is 17.2 Å². The van der Waals surface area contributed by atoms with Gasteiger partial charge in [0, 0.05) is 19.6 Å². The highest BCUT2D eigenvalue weighted by atomic mass is 32.1. The molecule has 30 heavy (non-hydrogen) atoms. The molecule has 1 fully saturated rings. The number of ether oxygens (including phenoxy) is 2. The van der Waals surface area contributed by atoms with Crippen LogP contribution in [0.25, 0.3) is 10.2 Å². The number of benzene rings is 1. The predicted molar refractivity (Wildman–Crippen MR) is 112 cm³/mol. The number of carbonyl (C=O) groups is 1. The number of thiophene rings is 1. The molecular weight excluding hydrogens is 409 g/mol. The van der Waals surface area contributed by atoms with Crippen LogP contribution in [0.2, 0.25) is 0 Å². The zero-order valence-corrected chi connectivity index (χ0v) is 17.5. The van der Waals surface area contributed by atoms with E-state index in [9.17, 15) is 14.3 Å². The Hall–Kier alpha value is -2.78. The molecule has 2 N–H and O–H groups in total. The summed E-state index contributed by atoms with van der Waals surface area (Å²) in [7, 11) is 1.69. The number of anilines is 2. The molecule has 2 heterocycles. The van der Waals surface area contributed by atoms with E-state index in [-0.39, 0.29) is 17.1 Å². The first-order valence-corrected chi connectivity index (χ1v) is 10.5. The van der Waals surface area contributed by atoms with Crippen molar-refractivity contribution in [2.75, 3.05) is 12.4 Å². The van der Waals surface area contributed by atoms with E-state index < -0.39 is 11.8 Å². The van der Waals surface area contributed by atoms with Crippen molar-refractivity contribution in [1.29, 1.82) is 0 Å². The van der Waals surface area contributed by atoms with E-state index in [1.807, 2.05) is 0 Å². The Morgan fingerprint density at radius 2 is 2.10 bits per heavy atom. The largest absolute Gasteiger partial charge is 0.488 e. The first-order valence-electron chi connectivity index (χ1n) is 9.69. The number of rotatable bonds is 6. The van der Waals surface area contributed by atoms with Gasteiger partial charge in [-0.3, -0.25) is 0 Å². The number of hydrogen-bond acceptors (Lipinski definition) is 7. The van der Waals surface area contributed by atoms with Crippen molar-refractivity contribution in [3.05, 3.63) is 40.8 Å². The molecule has 0 saturated heterocycles. The van der Waals surface area contributed by atoms with Gasteiger partial charge >= 0.3 is 5.97 Å². The lowest BCUT2D eigenvalue weighted by atomic mass is 9.95. The lowest BCUT2D eigenvalue weighted by molar-refractivity contribution is 0.0211. The van der Waals surface area contributed by atoms with Crippen LogP contribution in [0.1, 0.15) is 40.9 Å². The van der Waals surface area contributed by atoms with E-state index in [2.05, 4.69) is 15.3 Å². The average molecular weight is 431 g/mol. The Morgan fingerprint density at radius 3 is 2.87 bits per heavy atom. The SMILES string of the molecule is CO[C@@H]1CCC[C@H](Oc2cc(F)ccc2Nc2ncnc3sc(C(=O)O)c(C)c23)C1. The summed E-state index contributed by atoms with van der Waals surface area (Å²) in [5.74, 6) is -0.564. The molecular formula is C21H22FN3O4S. The van der Waals surface area contributed by atoms with Gasteiger partial charge < -0.3 is 19.9 Å². The highest BCUT2D eigenvalue weighted by Crippen LogP contribution is 2.37. The van der Waals surface area contributed by atoms with E-state index in [4.69, 9.17) is 9.47 Å². The summed E-state index contributed by atoms with van der Waals surface area (Å²) >= 11 is 1.10. The van der Waals surface area contributed by atoms with Crippen molar-refractivity contribution in [3.63, 3.8) is 0 Å². The van der Waals surface area contributed by atoms with Gasteiger partial charge in [-0.1, -0.05) is 0 Å². The van der Waals surface area contributed by atoms with Crippen LogP contribution in [-0.4, -0.2) is 40.4 Å². The molecule has 4 rings (SSSR count). The number of nitrogens with zero attached hydrogens (tertiary/aromatic N) is 2. The molecule has 1 aliphatic rings. The van der Waals surface area contributed by atoms with Crippen LogP contribution in [0.15, 0.2) is 24.5 Å². The summed E-state index contributed by atoms with van der Waals surface area (Å²) in [4.78, 5) is 20.8. The highest BCUT2D eigenvalue weighted by molar-refractivity contribution is 7.20. The zero-order chi connectivity index (χ0) is 21.3. The number of halogens is 1. The third kappa shape index (κ3) is 4.08. The molecule has 7 nitrogen and oxygen atoms in total. The molecule has 0 bridgehead atoms. The van der Waals surface area contributed by atoms with Crippen LogP contribution in [0, 0.1) is 12.7 Å². The van der Waals surface area contributed by atoms with E-state index in [1.165, 1.54) is 18.5 Å². The summed E-state index contributed by atoms with van der Waals surface area (Å²) in [5.41, 5.74) is 1.14. The summed E-state index contributed by atoms with van der Waals surface area (Å²) < 4.78 is 25.6. The number of nitrogens with one attached hydrogen (secondary N) is 1. The van der Waals surface area contributed by atoms with Crippen LogP contribution >= 0.6 is 11.3 Å². The lowest BCUT2D eigenvalue weighted by Gasteiger charge is -2.29. The van der Waals surface area contributed by atoms with Gasteiger partial charge in [-0.2, -0.15) is 0 Å². The van der Waals surface area contributed by atoms with Crippen LogP contribution in [0.3, 0.4) is 0 Å². The third-order valence-electron chi connectivity index (χ3n) is 5.32. The quantitative estimate of drug-likeness (QED) is 0.572. The number of methoxy groups -OCH3 is 1. The van der Waals surface area contributed by atoms with Gasteiger partial charge in [0.2, 0.25) is 0 Å². The third-order valence-corrected chi connectivity index (χ3v) is 6.51. The van der Waals surface area contributed by atoms with Crippen molar-refractivity contribution in [1.82, 2.24) is 9.97 Å². The van der Waals surface area contributed by atoms with E-state index in [1.54, 1.807) is 20.1 Å². The topological polar surface area (TPSA) is 93.6 Å². The van der Waals surface area contributed by atoms with Gasteiger partial charge in [-0.15, -0.1) is 11.3 Å². The Balaban J connectivity index is 1.66. The van der Waals surface area contributed by atoms with Crippen molar-refractivity contribution in [2.45, 2.75) is 44.8 Å². The maximum atomic E-state index is 14.0. The van der Waals surface area contributed by atoms with Gasteiger partial charge in [-0.25, -0.2) is 19.2 Å². The maximum Gasteiger partial charge on any atom is 0.346 e. The van der Waals surface area contributed by atoms with Crippen molar-refractivity contribution >= 4 is 39.0 Å². The summed E-state index contributed by atoms with van der Waals surface area (Å²) in [6, 6.07) is 4.28. The molecule has 1 aromatic carbocycles. The average Bonchev–Trinajstić information content (AvgIpc) is 3.08. The standard InChI is InChI=1S/C21H22FN3O4S/c1-11-17-19(23-10-24-20(17)30-18(11)21(26)27)25-15-7-6-12(22)8-16(15)29-14-5-3-4-13(9-14)28-2/h6-8,10,13-14H,3-5,9H2,1-2H3,(H,26,27)(H,23,24,25)/t13-,14+/m1/s1. The molecule has 9 heteroatoms. The molecule has 0 amide bonds. The van der Waals surface area contributed by atoms with Gasteiger partial charge in [0.15, 0.2) is 0 Å². The number of carboxylic acid groups (broad SMARTS) is 1. The molecule has 2 aromatic heterocycles. The Labute approximate surface area is 176 Å². The summed E-state index contributed by atoms with van der Waals surface area (Å²) in [6.07, 6.45) is 5.04. The van der Waals surface area contributed by atoms with E-state index in [0.29, 0.717) is 33.0 Å². The van der Waals surface area contributed by atoms with E-state index in [0.717, 1.165) is 37.0 Å². The van der Waals surface area contributed by atoms with Gasteiger partial charge in [-0.05, 0) is 43.9 Å². The number of carboxylic acids is 1. The number of aromatic nitrogens is 2. The monoisotopic (exact) mass is 431 g/mol. The molecule has 3 aromatic rings. The fourth-order valence-electron chi connectivity index (χ4n) is 3.80. The zero-order valence-electron chi connectivity index (χ0n) is 16.6. The molecule has 0 spiro atoms. The summed E-state index contributed by atoms with van der Waals surface area (Å²) in [5, 5.41) is 13.2. The minimum atomic E-state index is -1.00. The second kappa shape index (κ2) is 8.53. The molecule has 2 atom stereocenters. The number of aromatic carboxylic acids is 1. The molecule has 0 radical (unpaired) electrons. The second-order valence-corrected chi connectivity index (χ2v) is 8.29. The van der Waals surface area contributed by atoms with Crippen molar-refractivity contribution in [2.24, 2.45) is 0 Å². The van der Waals surface area contributed by atoms with Crippen LogP contribution in [-0.2, 0) is 4.74 Å². The van der Waals surface area contributed by atoms with Crippen molar-refractivity contribution in [3.8, 4) is 5.75 Å². The van der Waals surface area contributed by atoms with Gasteiger partial charge in [0.25, 0.3) is 0 Å². The van der Waals surface area contributed by atoms with Crippen LogP contribution in [0.5, 0.6) is 5.75 Å². The second-order valence-electron chi connectivity index (χ2n) is 7.29. The van der Waals surface area contributed by atoms with Crippen molar-refractivity contribution < 1.29 is 23.8 Å². The lowest BCUT2D eigenvalue weighted by Crippen LogP contribution is -2.29. The Kier molecular flexibility index (Phi) is 5.83. The molecule has 1 aliphatic carbocycles. The molecule has 0 unspecified atom stereocenters. The number of fused-ring (bicyclic) bond motifs is 1. The molecule has 1 saturated carbocycles. The van der Waals surface area contributed by atoms with E-state index >= 15 is 0 Å². The number of hydrogen-bond donors (Lipinski definition) is 2. The maximum absolute atomic E-state index is 14.0. The van der Waals surface area contributed by atoms with Gasteiger partial charge in [0.1, 0.15) is 39.5 Å².